The number of carbonyl (C=O) groups excluding carboxylic acids is 2. The number of aryl methyl sites for hydroxylation is 1. The molecule has 2 aromatic rings. The zero-order valence-electron chi connectivity index (χ0n) is 11.2. The summed E-state index contributed by atoms with van der Waals surface area (Å²) in [6.45, 7) is 1.64. The van der Waals surface area contributed by atoms with E-state index in [1.165, 1.54) is 17.0 Å². The molecule has 0 atom stereocenters. The number of Topliss-reactive ketones (excluding diaryl/α,β-unsaturated/α-hetero) is 1. The van der Waals surface area contributed by atoms with Crippen molar-refractivity contribution in [2.45, 2.75) is 13.5 Å². The third kappa shape index (κ3) is 2.11. The predicted octanol–water partition coefficient (Wildman–Crippen LogP) is 3.00. The fraction of sp³-hybridized carbons (Fsp3) is 0.125. The van der Waals surface area contributed by atoms with E-state index in [4.69, 9.17) is 0 Å². The number of hydrogen-bond acceptors (Lipinski definition) is 2. The Morgan fingerprint density at radius 1 is 1.10 bits per heavy atom. The van der Waals surface area contributed by atoms with E-state index in [0.717, 1.165) is 11.6 Å². The molecule has 3 rings (SSSR count). The lowest BCUT2D eigenvalue weighted by Gasteiger charge is -2.17. The molecule has 0 aliphatic carbocycles. The van der Waals surface area contributed by atoms with Gasteiger partial charge in [-0.05, 0) is 25.1 Å². The van der Waals surface area contributed by atoms with E-state index in [9.17, 15) is 18.4 Å². The van der Waals surface area contributed by atoms with E-state index >= 15 is 0 Å². The smallest absolute Gasteiger partial charge is 0.299 e. The maximum Gasteiger partial charge on any atom is 0.299 e. The highest BCUT2D eigenvalue weighted by atomic mass is 19.2. The summed E-state index contributed by atoms with van der Waals surface area (Å²) in [5.74, 6) is -3.32. The molecule has 0 saturated carbocycles. The topological polar surface area (TPSA) is 37.4 Å². The second-order valence-corrected chi connectivity index (χ2v) is 4.95. The molecule has 0 saturated heterocycles. The van der Waals surface area contributed by atoms with Crippen LogP contribution in [0.25, 0.3) is 0 Å². The second-order valence-electron chi connectivity index (χ2n) is 4.95. The van der Waals surface area contributed by atoms with Crippen molar-refractivity contribution < 1.29 is 18.4 Å². The van der Waals surface area contributed by atoms with Crippen molar-refractivity contribution in [3.63, 3.8) is 0 Å². The van der Waals surface area contributed by atoms with Crippen LogP contribution < -0.4 is 4.90 Å². The van der Waals surface area contributed by atoms with Crippen LogP contribution in [0.15, 0.2) is 36.4 Å². The van der Waals surface area contributed by atoms with E-state index in [1.54, 1.807) is 18.2 Å². The molecule has 106 valence electrons. The number of carbonyl (C=O) groups is 2. The van der Waals surface area contributed by atoms with Crippen molar-refractivity contribution in [2.75, 3.05) is 4.90 Å². The fourth-order valence-corrected chi connectivity index (χ4v) is 2.41. The van der Waals surface area contributed by atoms with Gasteiger partial charge in [-0.3, -0.25) is 9.59 Å². The van der Waals surface area contributed by atoms with Gasteiger partial charge in [0.25, 0.3) is 11.7 Å². The molecule has 0 bridgehead atoms. The van der Waals surface area contributed by atoms with Gasteiger partial charge >= 0.3 is 0 Å². The van der Waals surface area contributed by atoms with Crippen LogP contribution in [0, 0.1) is 18.6 Å². The van der Waals surface area contributed by atoms with Crippen molar-refractivity contribution >= 4 is 17.4 Å². The minimum Gasteiger partial charge on any atom is -0.300 e. The highest BCUT2D eigenvalue weighted by Crippen LogP contribution is 2.31. The average Bonchev–Trinajstić information content (AvgIpc) is 2.69. The molecule has 1 heterocycles. The van der Waals surface area contributed by atoms with Crippen LogP contribution >= 0.6 is 0 Å². The van der Waals surface area contributed by atoms with Crippen LogP contribution in [0.4, 0.5) is 14.5 Å². The Bertz CT molecular complexity index is 771. The zero-order chi connectivity index (χ0) is 15.1. The lowest BCUT2D eigenvalue weighted by atomic mass is 10.1. The fourth-order valence-electron chi connectivity index (χ4n) is 2.41. The molecular weight excluding hydrogens is 276 g/mol. The first kappa shape index (κ1) is 13.4. The van der Waals surface area contributed by atoms with Crippen LogP contribution in [0.3, 0.4) is 0 Å². The van der Waals surface area contributed by atoms with Gasteiger partial charge in [0.15, 0.2) is 11.6 Å². The van der Waals surface area contributed by atoms with Crippen molar-refractivity contribution in [2.24, 2.45) is 0 Å². The van der Waals surface area contributed by atoms with E-state index in [-0.39, 0.29) is 12.1 Å². The molecule has 3 nitrogen and oxygen atoms in total. The minimum absolute atomic E-state index is 0.0320. The Balaban J connectivity index is 2.03. The third-order valence-electron chi connectivity index (χ3n) is 3.49. The average molecular weight is 287 g/mol. The van der Waals surface area contributed by atoms with Gasteiger partial charge in [-0.25, -0.2) is 8.78 Å². The number of anilines is 1. The van der Waals surface area contributed by atoms with Gasteiger partial charge < -0.3 is 4.90 Å². The van der Waals surface area contributed by atoms with Gasteiger partial charge in [-0.1, -0.05) is 23.8 Å². The third-order valence-corrected chi connectivity index (χ3v) is 3.49. The summed E-state index contributed by atoms with van der Waals surface area (Å²) in [6.07, 6.45) is 0. The number of rotatable bonds is 2. The van der Waals surface area contributed by atoms with Crippen LogP contribution in [-0.4, -0.2) is 11.7 Å². The predicted molar refractivity (Wildman–Crippen MR) is 73.1 cm³/mol. The van der Waals surface area contributed by atoms with Crippen molar-refractivity contribution in [3.8, 4) is 0 Å². The summed E-state index contributed by atoms with van der Waals surface area (Å²) in [5, 5.41) is 0. The molecule has 1 amide bonds. The molecule has 1 aliphatic heterocycles. The SMILES string of the molecule is Cc1ccc2c(c1)C(=O)C(=O)N2Cc1cccc(F)c1F. The van der Waals surface area contributed by atoms with Crippen molar-refractivity contribution in [1.29, 1.82) is 0 Å². The summed E-state index contributed by atoms with van der Waals surface area (Å²) in [6, 6.07) is 8.80. The van der Waals surface area contributed by atoms with E-state index in [2.05, 4.69) is 0 Å². The summed E-state index contributed by atoms with van der Waals surface area (Å²) in [4.78, 5) is 25.2. The standard InChI is InChI=1S/C16H11F2NO2/c1-9-5-6-13-11(7-9)15(20)16(21)19(13)8-10-3-2-4-12(17)14(10)18/h2-7H,8H2,1H3. The van der Waals surface area contributed by atoms with Gasteiger partial charge in [0, 0.05) is 5.56 Å². The van der Waals surface area contributed by atoms with Crippen LogP contribution in [0.5, 0.6) is 0 Å². The zero-order valence-corrected chi connectivity index (χ0v) is 11.2. The highest BCUT2D eigenvalue weighted by molar-refractivity contribution is 6.52. The molecule has 1 aliphatic rings. The van der Waals surface area contributed by atoms with Gasteiger partial charge in [0.2, 0.25) is 0 Å². The molecule has 0 spiro atoms. The van der Waals surface area contributed by atoms with Gasteiger partial charge in [0.1, 0.15) is 0 Å². The Morgan fingerprint density at radius 3 is 2.62 bits per heavy atom. The van der Waals surface area contributed by atoms with Crippen LogP contribution in [0.1, 0.15) is 21.5 Å². The van der Waals surface area contributed by atoms with Crippen LogP contribution in [-0.2, 0) is 11.3 Å². The number of nitrogens with zero attached hydrogens (tertiary/aromatic N) is 1. The van der Waals surface area contributed by atoms with Gasteiger partial charge in [-0.15, -0.1) is 0 Å². The molecule has 0 unspecified atom stereocenters. The van der Waals surface area contributed by atoms with Gasteiger partial charge in [-0.2, -0.15) is 0 Å². The maximum atomic E-state index is 13.7. The van der Waals surface area contributed by atoms with E-state index < -0.39 is 23.3 Å². The lowest BCUT2D eigenvalue weighted by molar-refractivity contribution is -0.114. The molecule has 0 N–H and O–H groups in total. The number of fused-ring (bicyclic) bond motifs is 1. The highest BCUT2D eigenvalue weighted by Gasteiger charge is 2.36. The minimum atomic E-state index is -1.00. The monoisotopic (exact) mass is 287 g/mol. The molecular formula is C16H11F2NO2. The molecule has 0 fully saturated rings. The summed E-state index contributed by atoms with van der Waals surface area (Å²) >= 11 is 0. The largest absolute Gasteiger partial charge is 0.300 e. The first-order valence-electron chi connectivity index (χ1n) is 6.39. The first-order valence-corrected chi connectivity index (χ1v) is 6.39. The first-order chi connectivity index (χ1) is 9.99. The maximum absolute atomic E-state index is 13.7. The quantitative estimate of drug-likeness (QED) is 0.796. The second kappa shape index (κ2) is 4.77. The summed E-state index contributed by atoms with van der Waals surface area (Å²) in [5.41, 5.74) is 1.62. The summed E-state index contributed by atoms with van der Waals surface area (Å²) < 4.78 is 27.0. The molecule has 5 heteroatoms. The molecule has 21 heavy (non-hydrogen) atoms. The normalized spacial score (nSPS) is 13.8. The molecule has 0 radical (unpaired) electrons. The molecule has 2 aromatic carbocycles. The van der Waals surface area contributed by atoms with Crippen molar-refractivity contribution in [1.82, 2.24) is 0 Å². The Labute approximate surface area is 119 Å². The number of benzene rings is 2. The Kier molecular flexibility index (Phi) is 3.05. The number of ketones is 1. The van der Waals surface area contributed by atoms with E-state index in [1.807, 2.05) is 6.92 Å². The number of hydrogen-bond donors (Lipinski definition) is 0. The molecule has 0 aromatic heterocycles. The number of halogens is 2. The van der Waals surface area contributed by atoms with Gasteiger partial charge in [0.05, 0.1) is 17.8 Å². The Hall–Kier alpha value is -2.56. The van der Waals surface area contributed by atoms with E-state index in [0.29, 0.717) is 11.3 Å². The van der Waals surface area contributed by atoms with Crippen LogP contribution in [0.2, 0.25) is 0 Å². The van der Waals surface area contributed by atoms with Crippen molar-refractivity contribution in [3.05, 3.63) is 64.7 Å². The number of amides is 1. The Morgan fingerprint density at radius 2 is 1.86 bits per heavy atom. The lowest BCUT2D eigenvalue weighted by Crippen LogP contribution is -2.29. The summed E-state index contributed by atoms with van der Waals surface area (Å²) in [7, 11) is 0.